The number of nitro groups is 1. The van der Waals surface area contributed by atoms with E-state index in [1.807, 2.05) is 10.3 Å². The molecule has 4 rings (SSSR count). The minimum atomic E-state index is -0.332. The summed E-state index contributed by atoms with van der Waals surface area (Å²) in [6.07, 6.45) is 1.71. The van der Waals surface area contributed by atoms with E-state index in [0.717, 1.165) is 32.7 Å². The van der Waals surface area contributed by atoms with E-state index in [0.29, 0.717) is 10.8 Å². The minimum absolute atomic E-state index is 0.0728. The summed E-state index contributed by atoms with van der Waals surface area (Å²) in [6, 6.07) is 8.42. The molecule has 7 nitrogen and oxygen atoms in total. The number of aromatic nitrogens is 2. The summed E-state index contributed by atoms with van der Waals surface area (Å²) in [5.74, 6) is 0.566. The van der Waals surface area contributed by atoms with Gasteiger partial charge in [0.1, 0.15) is 6.20 Å². The van der Waals surface area contributed by atoms with Gasteiger partial charge in [0.2, 0.25) is 5.82 Å². The molecule has 3 heterocycles. The number of rotatable bonds is 4. The molecule has 1 aliphatic heterocycles. The van der Waals surface area contributed by atoms with E-state index in [1.54, 1.807) is 10.6 Å². The number of nitrogens with zero attached hydrogens (tertiary/aromatic N) is 5. The van der Waals surface area contributed by atoms with E-state index in [-0.39, 0.29) is 10.7 Å². The van der Waals surface area contributed by atoms with Crippen LogP contribution in [0.2, 0.25) is 0 Å². The number of hydrogen-bond donors (Lipinski definition) is 0. The van der Waals surface area contributed by atoms with Crippen molar-refractivity contribution in [2.24, 2.45) is 0 Å². The summed E-state index contributed by atoms with van der Waals surface area (Å²) in [5, 5.41) is 13.3. The highest BCUT2D eigenvalue weighted by Gasteiger charge is 2.30. The largest absolute Gasteiger partial charge is 0.373 e. The first-order valence-corrected chi connectivity index (χ1v) is 9.13. The van der Waals surface area contributed by atoms with E-state index >= 15 is 0 Å². The molecule has 8 heteroatoms. The van der Waals surface area contributed by atoms with E-state index < -0.39 is 0 Å². The van der Waals surface area contributed by atoms with Crippen molar-refractivity contribution in [1.29, 1.82) is 0 Å². The predicted molar refractivity (Wildman–Crippen MR) is 98.4 cm³/mol. The highest BCUT2D eigenvalue weighted by molar-refractivity contribution is 7.15. The van der Waals surface area contributed by atoms with Gasteiger partial charge in [-0.2, -0.15) is 9.38 Å². The van der Waals surface area contributed by atoms with Crippen LogP contribution in [0, 0.1) is 17.0 Å². The van der Waals surface area contributed by atoms with Gasteiger partial charge in [-0.3, -0.25) is 4.90 Å². The highest BCUT2D eigenvalue weighted by atomic mass is 32.1. The Kier molecular flexibility index (Phi) is 4.14. The zero-order valence-corrected chi connectivity index (χ0v) is 14.8. The maximum atomic E-state index is 11.5. The lowest BCUT2D eigenvalue weighted by Crippen LogP contribution is -2.46. The maximum Gasteiger partial charge on any atom is 0.373 e. The molecule has 0 bridgehead atoms. The van der Waals surface area contributed by atoms with Gasteiger partial charge in [0.25, 0.3) is 4.96 Å². The third-order valence-electron chi connectivity index (χ3n) is 4.72. The normalized spacial score (nSPS) is 15.8. The van der Waals surface area contributed by atoms with Crippen LogP contribution in [-0.4, -0.2) is 45.4 Å². The third kappa shape index (κ3) is 2.98. The summed E-state index contributed by atoms with van der Waals surface area (Å²) in [5.41, 5.74) is 2.64. The molecule has 1 aromatic carbocycles. The van der Waals surface area contributed by atoms with Gasteiger partial charge in [-0.15, -0.1) is 0 Å². The summed E-state index contributed by atoms with van der Waals surface area (Å²) in [7, 11) is 0. The number of aryl methyl sites for hydroxylation is 1. The predicted octanol–water partition coefficient (Wildman–Crippen LogP) is 2.93. The van der Waals surface area contributed by atoms with Gasteiger partial charge in [0.15, 0.2) is 0 Å². The molecule has 0 aliphatic carbocycles. The first-order chi connectivity index (χ1) is 12.1. The number of thiazole rings is 1. The molecule has 1 fully saturated rings. The van der Waals surface area contributed by atoms with Crippen LogP contribution < -0.4 is 4.90 Å². The van der Waals surface area contributed by atoms with Crippen LogP contribution in [0.15, 0.2) is 35.8 Å². The molecule has 25 heavy (non-hydrogen) atoms. The average molecular weight is 357 g/mol. The first-order valence-electron chi connectivity index (χ1n) is 8.25. The molecule has 3 aromatic rings. The van der Waals surface area contributed by atoms with E-state index in [1.165, 1.54) is 22.5 Å². The fourth-order valence-corrected chi connectivity index (χ4v) is 3.99. The summed E-state index contributed by atoms with van der Waals surface area (Å²) < 4.78 is 1.57. The molecule has 0 radical (unpaired) electrons. The van der Waals surface area contributed by atoms with Gasteiger partial charge in [0, 0.05) is 38.1 Å². The van der Waals surface area contributed by atoms with Crippen LogP contribution in [0.3, 0.4) is 0 Å². The smallest absolute Gasteiger partial charge is 0.358 e. The lowest BCUT2D eigenvalue weighted by molar-refractivity contribution is -0.389. The second-order valence-electron chi connectivity index (χ2n) is 6.26. The van der Waals surface area contributed by atoms with Crippen molar-refractivity contribution in [2.45, 2.75) is 13.5 Å². The highest BCUT2D eigenvalue weighted by Crippen LogP contribution is 2.31. The van der Waals surface area contributed by atoms with Crippen molar-refractivity contribution in [3.8, 4) is 0 Å². The minimum Gasteiger partial charge on any atom is -0.358 e. The van der Waals surface area contributed by atoms with Crippen LogP contribution in [0.5, 0.6) is 0 Å². The van der Waals surface area contributed by atoms with Crippen molar-refractivity contribution in [1.82, 2.24) is 14.3 Å². The number of fused-ring (bicyclic) bond motifs is 1. The molecule has 1 aliphatic rings. The van der Waals surface area contributed by atoms with Gasteiger partial charge >= 0.3 is 5.82 Å². The van der Waals surface area contributed by atoms with E-state index in [2.05, 4.69) is 41.1 Å². The SMILES string of the molecule is Cc1ccccc1CN1CCN(c2nc3sccn3c2[N+](=O)[O-])CC1. The topological polar surface area (TPSA) is 66.9 Å². The molecule has 1 saturated heterocycles. The molecule has 0 spiro atoms. The van der Waals surface area contributed by atoms with Crippen molar-refractivity contribution >= 4 is 27.9 Å². The Labute approximate surface area is 149 Å². The van der Waals surface area contributed by atoms with Crippen molar-refractivity contribution in [2.75, 3.05) is 31.1 Å². The molecule has 0 amide bonds. The molecule has 130 valence electrons. The van der Waals surface area contributed by atoms with Gasteiger partial charge in [-0.1, -0.05) is 35.6 Å². The van der Waals surface area contributed by atoms with Gasteiger partial charge < -0.3 is 15.0 Å². The third-order valence-corrected chi connectivity index (χ3v) is 5.48. The Morgan fingerprint density at radius 3 is 2.72 bits per heavy atom. The number of anilines is 1. The van der Waals surface area contributed by atoms with Crippen molar-refractivity contribution in [3.05, 3.63) is 57.1 Å². The molecular formula is C17H19N5O2S. The Morgan fingerprint density at radius 1 is 1.24 bits per heavy atom. The molecule has 0 N–H and O–H groups in total. The summed E-state index contributed by atoms with van der Waals surface area (Å²) in [6.45, 7) is 6.29. The quantitative estimate of drug-likeness (QED) is 0.530. The molecular weight excluding hydrogens is 338 g/mol. The van der Waals surface area contributed by atoms with Crippen LogP contribution >= 0.6 is 11.3 Å². The molecule has 0 atom stereocenters. The van der Waals surface area contributed by atoms with E-state index in [9.17, 15) is 10.1 Å². The Bertz CT molecular complexity index is 911. The number of piperazine rings is 1. The monoisotopic (exact) mass is 357 g/mol. The molecule has 0 saturated carbocycles. The first kappa shape index (κ1) is 16.0. The fourth-order valence-electron chi connectivity index (χ4n) is 3.29. The molecule has 2 aromatic heterocycles. The molecule has 0 unspecified atom stereocenters. The number of imidazole rings is 1. The standard InChI is InChI=1S/C17H19N5O2S/c1-13-4-2-3-5-14(13)12-19-6-8-20(9-7-19)15-16(22(23)24)21-10-11-25-17(21)18-15/h2-5,10-11H,6-9,12H2,1H3. The van der Waals surface area contributed by atoms with Gasteiger partial charge in [-0.05, 0) is 23.0 Å². The van der Waals surface area contributed by atoms with Gasteiger partial charge in [0.05, 0.1) is 0 Å². The maximum absolute atomic E-state index is 11.5. The van der Waals surface area contributed by atoms with Crippen LogP contribution in [0.1, 0.15) is 11.1 Å². The summed E-state index contributed by atoms with van der Waals surface area (Å²) >= 11 is 1.42. The van der Waals surface area contributed by atoms with E-state index in [4.69, 9.17) is 0 Å². The van der Waals surface area contributed by atoms with Crippen molar-refractivity contribution < 1.29 is 4.92 Å². The zero-order valence-electron chi connectivity index (χ0n) is 14.0. The van der Waals surface area contributed by atoms with Crippen LogP contribution in [0.25, 0.3) is 4.96 Å². The Hall–Kier alpha value is -2.45. The van der Waals surface area contributed by atoms with Crippen molar-refractivity contribution in [3.63, 3.8) is 0 Å². The van der Waals surface area contributed by atoms with Crippen LogP contribution in [0.4, 0.5) is 11.6 Å². The van der Waals surface area contributed by atoms with Gasteiger partial charge in [-0.25, -0.2) is 0 Å². The second kappa shape index (κ2) is 6.45. The second-order valence-corrected chi connectivity index (χ2v) is 7.13. The summed E-state index contributed by atoms with van der Waals surface area (Å²) in [4.78, 5) is 20.7. The zero-order chi connectivity index (χ0) is 17.4. The Morgan fingerprint density at radius 2 is 2.00 bits per heavy atom. The number of benzene rings is 1. The fraction of sp³-hybridized carbons (Fsp3) is 0.353. The lowest BCUT2D eigenvalue weighted by atomic mass is 10.1. The Balaban J connectivity index is 1.49. The lowest BCUT2D eigenvalue weighted by Gasteiger charge is -2.34. The number of hydrogen-bond acceptors (Lipinski definition) is 6. The van der Waals surface area contributed by atoms with Crippen LogP contribution in [-0.2, 0) is 6.54 Å². The average Bonchev–Trinajstić information content (AvgIpc) is 3.18.